The summed E-state index contributed by atoms with van der Waals surface area (Å²) in [5.41, 5.74) is 3.12. The van der Waals surface area contributed by atoms with E-state index in [0.29, 0.717) is 20.9 Å². The number of nitrogens with zero attached hydrogens (tertiary/aromatic N) is 2. The van der Waals surface area contributed by atoms with E-state index in [2.05, 4.69) is 37.3 Å². The van der Waals surface area contributed by atoms with Crippen LogP contribution in [0.2, 0.25) is 0 Å². The predicted octanol–water partition coefficient (Wildman–Crippen LogP) is 4.69. The second-order valence-electron chi connectivity index (χ2n) is 8.40. The van der Waals surface area contributed by atoms with Crippen LogP contribution in [0.15, 0.2) is 83.8 Å². The lowest BCUT2D eigenvalue weighted by molar-refractivity contribution is 0.153. The quantitative estimate of drug-likeness (QED) is 0.250. The molecule has 3 aromatic carbocycles. The molecule has 0 unspecified atom stereocenters. The molecule has 4 aromatic rings. The van der Waals surface area contributed by atoms with Crippen LogP contribution in [0.5, 0.6) is 0 Å². The number of hydrogen-bond acceptors (Lipinski definition) is 6. The van der Waals surface area contributed by atoms with Crippen LogP contribution in [0, 0.1) is 9.54 Å². The topological polar surface area (TPSA) is 98.0 Å². The minimum atomic E-state index is -3.79. The van der Waals surface area contributed by atoms with Crippen LogP contribution >= 0.6 is 24.4 Å². The van der Waals surface area contributed by atoms with Gasteiger partial charge in [-0.1, -0.05) is 42.5 Å². The van der Waals surface area contributed by atoms with E-state index in [1.165, 1.54) is 5.56 Å². The molecule has 1 aliphatic heterocycles. The zero-order valence-corrected chi connectivity index (χ0v) is 21.1. The molecule has 2 heterocycles. The Morgan fingerprint density at radius 1 is 0.857 bits per heavy atom. The highest BCUT2D eigenvalue weighted by Gasteiger charge is 2.26. The summed E-state index contributed by atoms with van der Waals surface area (Å²) < 4.78 is 31.3. The van der Waals surface area contributed by atoms with Crippen LogP contribution < -0.4 is 10.0 Å². The summed E-state index contributed by atoms with van der Waals surface area (Å²) in [6.45, 7) is 2.72. The number of H-pyrrole nitrogens is 2. The first-order valence-electron chi connectivity index (χ1n) is 11.0. The molecule has 1 saturated heterocycles. The summed E-state index contributed by atoms with van der Waals surface area (Å²) >= 11 is 10.5. The number of hydrogen-bond donors (Lipinski definition) is 4. The van der Waals surface area contributed by atoms with Crippen LogP contribution in [0.4, 0.5) is 11.4 Å². The predicted molar refractivity (Wildman–Crippen MR) is 143 cm³/mol. The third-order valence-electron chi connectivity index (χ3n) is 5.76. The second-order valence-corrected chi connectivity index (χ2v) is 10.9. The lowest BCUT2D eigenvalue weighted by Gasteiger charge is -2.40. The third kappa shape index (κ3) is 5.38. The van der Waals surface area contributed by atoms with Gasteiger partial charge >= 0.3 is 0 Å². The van der Waals surface area contributed by atoms with Gasteiger partial charge in [0.05, 0.1) is 22.3 Å². The number of rotatable bonds is 8. The molecular formula is C24H24N6O2S3. The monoisotopic (exact) mass is 524 g/mol. The van der Waals surface area contributed by atoms with Crippen molar-refractivity contribution in [3.05, 3.63) is 94.0 Å². The number of sulfonamides is 1. The maximum absolute atomic E-state index is 13.1. The van der Waals surface area contributed by atoms with Crippen LogP contribution in [-0.4, -0.2) is 47.2 Å². The smallest absolute Gasteiger partial charge is 0.261 e. The van der Waals surface area contributed by atoms with Gasteiger partial charge in [0, 0.05) is 25.3 Å². The van der Waals surface area contributed by atoms with E-state index in [1.807, 2.05) is 24.3 Å². The average Bonchev–Trinajstić information content (AvgIpc) is 3.16. The van der Waals surface area contributed by atoms with Crippen LogP contribution in [0.3, 0.4) is 0 Å². The van der Waals surface area contributed by atoms with Crippen molar-refractivity contribution in [2.24, 2.45) is 0 Å². The minimum absolute atomic E-state index is 0.184. The molecule has 0 aliphatic carbocycles. The molecule has 0 spiro atoms. The third-order valence-corrected chi connectivity index (χ3v) is 7.71. The van der Waals surface area contributed by atoms with E-state index < -0.39 is 10.0 Å². The maximum atomic E-state index is 13.1. The SMILES string of the molecule is O=S(=O)(Nc1cccc(-n2c(=S)[nH][nH]c2=S)c1)c1cccc(NC2CN(Cc3ccccc3)C2)c1. The Kier molecular flexibility index (Phi) is 6.56. The van der Waals surface area contributed by atoms with Crippen molar-refractivity contribution in [1.82, 2.24) is 19.7 Å². The first-order chi connectivity index (χ1) is 16.9. The normalized spacial score (nSPS) is 14.4. The minimum Gasteiger partial charge on any atom is -0.380 e. The molecule has 180 valence electrons. The average molecular weight is 525 g/mol. The van der Waals surface area contributed by atoms with Crippen LogP contribution in [0.25, 0.3) is 5.69 Å². The van der Waals surface area contributed by atoms with Gasteiger partial charge in [0.1, 0.15) is 0 Å². The molecule has 11 heteroatoms. The highest BCUT2D eigenvalue weighted by Crippen LogP contribution is 2.23. The molecule has 0 saturated carbocycles. The fourth-order valence-corrected chi connectivity index (χ4v) is 5.74. The van der Waals surface area contributed by atoms with Crippen molar-refractivity contribution >= 4 is 45.8 Å². The van der Waals surface area contributed by atoms with Crippen molar-refractivity contribution in [1.29, 1.82) is 0 Å². The number of benzene rings is 3. The zero-order valence-electron chi connectivity index (χ0n) is 18.6. The summed E-state index contributed by atoms with van der Waals surface area (Å²) in [7, 11) is -3.79. The summed E-state index contributed by atoms with van der Waals surface area (Å²) in [5.74, 6) is 0. The summed E-state index contributed by atoms with van der Waals surface area (Å²) in [4.78, 5) is 2.54. The lowest BCUT2D eigenvalue weighted by Crippen LogP contribution is -2.54. The Morgan fingerprint density at radius 2 is 1.54 bits per heavy atom. The molecule has 5 rings (SSSR count). The van der Waals surface area contributed by atoms with Gasteiger partial charge in [-0.25, -0.2) is 8.42 Å². The van der Waals surface area contributed by atoms with Gasteiger partial charge in [0.25, 0.3) is 10.0 Å². The van der Waals surface area contributed by atoms with Crippen LogP contribution in [-0.2, 0) is 16.6 Å². The Labute approximate surface area is 213 Å². The molecule has 0 atom stereocenters. The first-order valence-corrected chi connectivity index (χ1v) is 13.3. The highest BCUT2D eigenvalue weighted by atomic mass is 32.2. The Balaban J connectivity index is 1.25. The van der Waals surface area contributed by atoms with Gasteiger partial charge in [-0.15, -0.1) is 0 Å². The Hall–Kier alpha value is -3.25. The van der Waals surface area contributed by atoms with Crippen molar-refractivity contribution in [3.8, 4) is 5.69 Å². The molecule has 4 N–H and O–H groups in total. The van der Waals surface area contributed by atoms with Crippen molar-refractivity contribution in [2.75, 3.05) is 23.1 Å². The van der Waals surface area contributed by atoms with E-state index in [0.717, 1.165) is 25.3 Å². The molecule has 0 radical (unpaired) electrons. The van der Waals surface area contributed by atoms with Crippen molar-refractivity contribution < 1.29 is 8.42 Å². The van der Waals surface area contributed by atoms with Crippen LogP contribution in [0.1, 0.15) is 5.56 Å². The van der Waals surface area contributed by atoms with Gasteiger partial charge in [-0.05, 0) is 66.4 Å². The molecule has 1 fully saturated rings. The molecule has 1 aliphatic rings. The fourth-order valence-electron chi connectivity index (χ4n) is 4.09. The van der Waals surface area contributed by atoms with E-state index in [1.54, 1.807) is 47.0 Å². The summed E-state index contributed by atoms with van der Waals surface area (Å²) in [5, 5.41) is 8.99. The molecule has 35 heavy (non-hydrogen) atoms. The zero-order chi connectivity index (χ0) is 24.4. The molecule has 1 aromatic heterocycles. The van der Waals surface area contributed by atoms with Gasteiger partial charge in [0.15, 0.2) is 9.54 Å². The lowest BCUT2D eigenvalue weighted by atomic mass is 10.1. The van der Waals surface area contributed by atoms with Gasteiger partial charge in [-0.2, -0.15) is 0 Å². The largest absolute Gasteiger partial charge is 0.380 e. The van der Waals surface area contributed by atoms with E-state index in [-0.39, 0.29) is 10.9 Å². The van der Waals surface area contributed by atoms with E-state index in [9.17, 15) is 8.42 Å². The fraction of sp³-hybridized carbons (Fsp3) is 0.167. The Bertz CT molecular complexity index is 1530. The van der Waals surface area contributed by atoms with Gasteiger partial charge in [-0.3, -0.25) is 24.4 Å². The van der Waals surface area contributed by atoms with Crippen molar-refractivity contribution in [2.45, 2.75) is 17.5 Å². The number of anilines is 2. The molecular weight excluding hydrogens is 501 g/mol. The van der Waals surface area contributed by atoms with Gasteiger partial charge in [0.2, 0.25) is 0 Å². The summed E-state index contributed by atoms with van der Waals surface area (Å²) in [6, 6.07) is 24.4. The molecule has 0 bridgehead atoms. The van der Waals surface area contributed by atoms with Gasteiger partial charge < -0.3 is 5.32 Å². The van der Waals surface area contributed by atoms with E-state index >= 15 is 0 Å². The summed E-state index contributed by atoms with van der Waals surface area (Å²) in [6.07, 6.45) is 0. The standard InChI is InChI=1S/C24H24N6O2S3/c31-35(32,28-19-9-4-10-21(12-19)30-23(33)26-27-24(30)34)22-11-5-8-18(13-22)25-20-15-29(16-20)14-17-6-2-1-3-7-17/h1-13,20,25,28H,14-16H2,(H,26,33)(H,27,34). The maximum Gasteiger partial charge on any atom is 0.261 e. The molecule has 0 amide bonds. The second kappa shape index (κ2) is 9.78. The van der Waals surface area contributed by atoms with E-state index in [4.69, 9.17) is 24.4 Å². The number of likely N-dealkylation sites (tertiary alicyclic amines) is 1. The highest BCUT2D eigenvalue weighted by molar-refractivity contribution is 7.92. The number of aromatic nitrogens is 3. The first kappa shape index (κ1) is 23.5. The van der Waals surface area contributed by atoms with Crippen molar-refractivity contribution in [3.63, 3.8) is 0 Å². The number of aromatic amines is 2. The Morgan fingerprint density at radius 3 is 2.29 bits per heavy atom. The molecule has 8 nitrogen and oxygen atoms in total. The number of nitrogens with one attached hydrogen (secondary N) is 4.